The van der Waals surface area contributed by atoms with Crippen LogP contribution in [0.1, 0.15) is 388 Å². The second-order valence-corrected chi connectivity index (χ2v) is 31.6. The Morgan fingerprint density at radius 2 is 0.551 bits per heavy atom. The van der Waals surface area contributed by atoms with E-state index in [0.29, 0.717) is 31.6 Å². The summed E-state index contributed by atoms with van der Waals surface area (Å²) in [7, 11) is -9.93. The predicted octanol–water partition coefficient (Wildman–Crippen LogP) is 23.1. The Hall–Kier alpha value is -2.46. The van der Waals surface area contributed by atoms with E-state index in [2.05, 4.69) is 65.8 Å². The molecule has 0 aliphatic carbocycles. The molecule has 0 aliphatic rings. The minimum absolute atomic E-state index is 0.102. The summed E-state index contributed by atoms with van der Waals surface area (Å²) in [6.07, 6.45) is 62.1. The molecule has 0 rings (SSSR count). The minimum Gasteiger partial charge on any atom is -0.462 e. The first-order chi connectivity index (χ1) is 47.4. The van der Waals surface area contributed by atoms with Crippen LogP contribution in [-0.2, 0) is 65.4 Å². The number of phosphoric ester groups is 2. The number of hydrogen-bond donors (Lipinski definition) is 3. The zero-order valence-electron chi connectivity index (χ0n) is 63.6. The topological polar surface area (TPSA) is 237 Å². The molecule has 0 saturated heterocycles. The Balaban J connectivity index is 5.25. The summed E-state index contributed by atoms with van der Waals surface area (Å²) in [6.45, 7) is 9.46. The Kier molecular flexibility index (Phi) is 68.5. The van der Waals surface area contributed by atoms with Crippen molar-refractivity contribution in [3.05, 3.63) is 24.3 Å². The van der Waals surface area contributed by atoms with E-state index in [-0.39, 0.29) is 25.7 Å². The van der Waals surface area contributed by atoms with Crippen LogP contribution in [0.4, 0.5) is 0 Å². The summed E-state index contributed by atoms with van der Waals surface area (Å²) < 4.78 is 68.5. The highest BCUT2D eigenvalue weighted by Crippen LogP contribution is 2.45. The van der Waals surface area contributed by atoms with Gasteiger partial charge < -0.3 is 33.8 Å². The quantitative estimate of drug-likeness (QED) is 0.0169. The largest absolute Gasteiger partial charge is 0.472 e. The number of carbonyl (C=O) groups is 4. The fourth-order valence-corrected chi connectivity index (χ4v) is 13.2. The van der Waals surface area contributed by atoms with Gasteiger partial charge in [-0.3, -0.25) is 37.3 Å². The molecule has 0 aromatic rings. The number of unbranched alkanes of at least 4 members (excludes halogenated alkanes) is 43. The van der Waals surface area contributed by atoms with Gasteiger partial charge in [0.25, 0.3) is 0 Å². The Labute approximate surface area is 599 Å². The maximum atomic E-state index is 13.1. The normalized spacial score (nSPS) is 14.1. The van der Waals surface area contributed by atoms with Crippen molar-refractivity contribution in [3.63, 3.8) is 0 Å². The number of allylic oxidation sites excluding steroid dienone is 4. The van der Waals surface area contributed by atoms with Crippen LogP contribution in [0.3, 0.4) is 0 Å². The van der Waals surface area contributed by atoms with Crippen molar-refractivity contribution < 1.29 is 80.2 Å². The summed E-state index contributed by atoms with van der Waals surface area (Å²) in [5.74, 6) is -0.704. The predicted molar refractivity (Wildman–Crippen MR) is 400 cm³/mol. The first-order valence-corrected chi connectivity index (χ1v) is 43.3. The molecular formula is C79H150O17P2. The molecule has 0 aliphatic heterocycles. The average Bonchev–Trinajstić information content (AvgIpc) is 2.04. The molecule has 98 heavy (non-hydrogen) atoms. The second-order valence-electron chi connectivity index (χ2n) is 28.7. The summed E-state index contributed by atoms with van der Waals surface area (Å²) in [4.78, 5) is 72.9. The van der Waals surface area contributed by atoms with Gasteiger partial charge in [-0.25, -0.2) is 9.13 Å². The van der Waals surface area contributed by atoms with E-state index in [1.54, 1.807) is 0 Å². The highest BCUT2D eigenvalue weighted by Gasteiger charge is 2.30. The number of carbonyl (C=O) groups excluding carboxylic acids is 4. The first-order valence-electron chi connectivity index (χ1n) is 40.3. The van der Waals surface area contributed by atoms with Gasteiger partial charge in [-0.15, -0.1) is 0 Å². The van der Waals surface area contributed by atoms with Crippen LogP contribution in [0.5, 0.6) is 0 Å². The lowest BCUT2D eigenvalue weighted by Gasteiger charge is -2.21. The van der Waals surface area contributed by atoms with Crippen molar-refractivity contribution in [2.75, 3.05) is 39.6 Å². The van der Waals surface area contributed by atoms with Crippen LogP contribution in [0.15, 0.2) is 24.3 Å². The fourth-order valence-electron chi connectivity index (χ4n) is 11.6. The minimum atomic E-state index is -4.97. The van der Waals surface area contributed by atoms with E-state index < -0.39 is 97.5 Å². The Bertz CT molecular complexity index is 1980. The van der Waals surface area contributed by atoms with Gasteiger partial charge in [0, 0.05) is 25.7 Å². The molecule has 17 nitrogen and oxygen atoms in total. The number of hydrogen-bond acceptors (Lipinski definition) is 15. The van der Waals surface area contributed by atoms with Crippen LogP contribution in [-0.4, -0.2) is 96.7 Å². The molecule has 0 amide bonds. The lowest BCUT2D eigenvalue weighted by Crippen LogP contribution is -2.30. The van der Waals surface area contributed by atoms with E-state index in [9.17, 15) is 43.2 Å². The van der Waals surface area contributed by atoms with Crippen LogP contribution >= 0.6 is 15.6 Å². The van der Waals surface area contributed by atoms with Gasteiger partial charge in [-0.2, -0.15) is 0 Å². The number of ether oxygens (including phenoxy) is 4. The molecule has 578 valence electrons. The molecule has 2 unspecified atom stereocenters. The number of aliphatic hydroxyl groups excluding tert-OH is 1. The molecule has 0 bridgehead atoms. The summed E-state index contributed by atoms with van der Waals surface area (Å²) in [5.41, 5.74) is 0. The van der Waals surface area contributed by atoms with Crippen LogP contribution in [0, 0.1) is 11.8 Å². The van der Waals surface area contributed by atoms with Gasteiger partial charge in [-0.1, -0.05) is 336 Å². The molecule has 0 aromatic heterocycles. The van der Waals surface area contributed by atoms with Crippen LogP contribution in [0.2, 0.25) is 0 Å². The Morgan fingerprint density at radius 1 is 0.316 bits per heavy atom. The molecular weight excluding hydrogens is 1280 g/mol. The molecule has 0 aromatic carbocycles. The fraction of sp³-hybridized carbons (Fsp3) is 0.899. The maximum absolute atomic E-state index is 13.1. The van der Waals surface area contributed by atoms with Crippen LogP contribution in [0.25, 0.3) is 0 Å². The van der Waals surface area contributed by atoms with E-state index in [4.69, 9.17) is 37.0 Å². The van der Waals surface area contributed by atoms with E-state index in [1.807, 2.05) is 0 Å². The van der Waals surface area contributed by atoms with Crippen molar-refractivity contribution >= 4 is 39.5 Å². The lowest BCUT2D eigenvalue weighted by atomic mass is 10.0. The van der Waals surface area contributed by atoms with Crippen LogP contribution < -0.4 is 0 Å². The third-order valence-corrected chi connectivity index (χ3v) is 19.7. The molecule has 0 spiro atoms. The number of rotatable bonds is 76. The van der Waals surface area contributed by atoms with Crippen molar-refractivity contribution in [2.24, 2.45) is 11.8 Å². The summed E-state index contributed by atoms with van der Waals surface area (Å²) in [5, 5.41) is 10.6. The van der Waals surface area contributed by atoms with Gasteiger partial charge in [0.05, 0.1) is 26.4 Å². The monoisotopic (exact) mass is 1430 g/mol. The maximum Gasteiger partial charge on any atom is 0.472 e. The number of esters is 4. The van der Waals surface area contributed by atoms with Crippen molar-refractivity contribution in [1.29, 1.82) is 0 Å². The summed E-state index contributed by atoms with van der Waals surface area (Å²) in [6, 6.07) is 0. The third kappa shape index (κ3) is 71.9. The molecule has 5 atom stereocenters. The zero-order chi connectivity index (χ0) is 72.1. The SMILES string of the molecule is CCCCCC/C=C\C=C/CCCCCCCC(=O)OC[C@H](COP(=O)(O)OC[C@@H](O)COP(=O)(O)OC[C@@H](COC(=O)CCCCCCCCC(C)C)OC(=O)CCCCCCCCCCCCCC(C)C)OC(=O)CCCCCCCCCCCCCCCCCCCCCC. The van der Waals surface area contributed by atoms with Gasteiger partial charge in [-0.05, 0) is 63.2 Å². The van der Waals surface area contributed by atoms with Gasteiger partial charge in [0.2, 0.25) is 0 Å². The molecule has 0 fully saturated rings. The first kappa shape index (κ1) is 95.5. The zero-order valence-corrected chi connectivity index (χ0v) is 65.4. The van der Waals surface area contributed by atoms with Crippen molar-refractivity contribution in [1.82, 2.24) is 0 Å². The molecule has 19 heteroatoms. The number of phosphoric acid groups is 2. The molecule has 3 N–H and O–H groups in total. The van der Waals surface area contributed by atoms with E-state index in [1.165, 1.54) is 180 Å². The Morgan fingerprint density at radius 3 is 0.837 bits per heavy atom. The number of aliphatic hydroxyl groups is 1. The van der Waals surface area contributed by atoms with Gasteiger partial charge >= 0.3 is 39.5 Å². The summed E-state index contributed by atoms with van der Waals surface area (Å²) >= 11 is 0. The van der Waals surface area contributed by atoms with Crippen molar-refractivity contribution in [3.8, 4) is 0 Å². The molecule has 0 radical (unpaired) electrons. The highest BCUT2D eigenvalue weighted by molar-refractivity contribution is 7.47. The molecule has 0 heterocycles. The third-order valence-electron chi connectivity index (χ3n) is 17.8. The van der Waals surface area contributed by atoms with Crippen molar-refractivity contribution in [2.45, 2.75) is 407 Å². The van der Waals surface area contributed by atoms with Gasteiger partial charge in [0.1, 0.15) is 19.3 Å². The highest BCUT2D eigenvalue weighted by atomic mass is 31.2. The van der Waals surface area contributed by atoms with Gasteiger partial charge in [0.15, 0.2) is 12.2 Å². The second kappa shape index (κ2) is 70.2. The lowest BCUT2D eigenvalue weighted by molar-refractivity contribution is -0.161. The van der Waals surface area contributed by atoms with E-state index in [0.717, 1.165) is 121 Å². The smallest absolute Gasteiger partial charge is 0.462 e. The van der Waals surface area contributed by atoms with E-state index >= 15 is 0 Å². The average molecular weight is 1430 g/mol. The molecule has 0 saturated carbocycles. The standard InChI is InChI=1S/C79H150O17P2/c1-7-9-11-13-15-17-19-21-23-24-25-26-27-29-31-35-39-43-51-57-63-78(83)95-74(67-89-76(81)61-55-49-42-38-34-30-28-22-20-18-16-14-12-10-8-2)69-93-97(85,86)91-65-73(80)66-92-98(87,88)94-70-75(68-90-77(82)62-56-50-46-45-48-54-60-72(5)6)96-79(84)64-58-52-44-40-36-32-33-37-41-47-53-59-71(3)4/h18,20,22,28,71-75,80H,7-17,19,21,23-27,29-70H2,1-6H3,(H,85,86)(H,87,88)/b20-18-,28-22-/t73-,74-,75-/m1/s1.